The van der Waals surface area contributed by atoms with Gasteiger partial charge in [-0.3, -0.25) is 10.1 Å². The summed E-state index contributed by atoms with van der Waals surface area (Å²) < 4.78 is 18.8. The van der Waals surface area contributed by atoms with E-state index in [2.05, 4.69) is 10.3 Å². The zero-order chi connectivity index (χ0) is 16.9. The fourth-order valence-electron chi connectivity index (χ4n) is 2.37. The highest BCUT2D eigenvalue weighted by molar-refractivity contribution is 5.96. The van der Waals surface area contributed by atoms with Gasteiger partial charge in [-0.05, 0) is 30.3 Å². The summed E-state index contributed by atoms with van der Waals surface area (Å²) in [5.41, 5.74) is 0.988. The van der Waals surface area contributed by atoms with Crippen molar-refractivity contribution in [3.05, 3.63) is 70.7 Å². The lowest BCUT2D eigenvalue weighted by Crippen LogP contribution is -2.12. The zero-order valence-electron chi connectivity index (χ0n) is 12.6. The summed E-state index contributed by atoms with van der Waals surface area (Å²) in [5, 5.41) is 14.8. The number of nitro groups is 1. The van der Waals surface area contributed by atoms with Crippen molar-refractivity contribution in [2.45, 2.75) is 0 Å². The average molecular weight is 327 g/mol. The van der Waals surface area contributed by atoms with E-state index >= 15 is 0 Å². The van der Waals surface area contributed by atoms with Crippen LogP contribution in [0.4, 0.5) is 15.8 Å². The van der Waals surface area contributed by atoms with E-state index in [-0.39, 0.29) is 18.0 Å². The van der Waals surface area contributed by atoms with E-state index < -0.39 is 10.7 Å². The third kappa shape index (κ3) is 3.24. The predicted octanol–water partition coefficient (Wildman–Crippen LogP) is 3.77. The second-order valence-electron chi connectivity index (χ2n) is 4.99. The maximum atomic E-state index is 13.5. The van der Waals surface area contributed by atoms with Gasteiger partial charge in [0.15, 0.2) is 11.6 Å². The van der Waals surface area contributed by atoms with Crippen LogP contribution in [0.25, 0.3) is 10.9 Å². The molecular formula is C17H14FN3O3. The van der Waals surface area contributed by atoms with Gasteiger partial charge < -0.3 is 10.1 Å². The van der Waals surface area contributed by atoms with Crippen molar-refractivity contribution in [1.29, 1.82) is 0 Å². The molecule has 1 heterocycles. The molecule has 0 radical (unpaired) electrons. The quantitative estimate of drug-likeness (QED) is 0.423. The molecule has 0 spiro atoms. The number of rotatable bonds is 6. The molecule has 2 aromatic carbocycles. The van der Waals surface area contributed by atoms with Gasteiger partial charge in [-0.2, -0.15) is 0 Å². The van der Waals surface area contributed by atoms with Crippen molar-refractivity contribution >= 4 is 22.3 Å². The highest BCUT2D eigenvalue weighted by Gasteiger charge is 2.15. The number of para-hydroxylation sites is 1. The predicted molar refractivity (Wildman–Crippen MR) is 88.8 cm³/mol. The number of benzene rings is 2. The first-order valence-corrected chi connectivity index (χ1v) is 7.30. The second kappa shape index (κ2) is 6.91. The van der Waals surface area contributed by atoms with E-state index in [4.69, 9.17) is 4.74 Å². The molecule has 0 fully saturated rings. The van der Waals surface area contributed by atoms with E-state index in [1.54, 1.807) is 36.4 Å². The molecule has 0 bridgehead atoms. The summed E-state index contributed by atoms with van der Waals surface area (Å²) in [7, 11) is 0. The lowest BCUT2D eigenvalue weighted by Gasteiger charge is -2.11. The fraction of sp³-hybridized carbons (Fsp3) is 0.118. The summed E-state index contributed by atoms with van der Waals surface area (Å²) in [4.78, 5) is 14.7. The van der Waals surface area contributed by atoms with Crippen LogP contribution in [0.5, 0.6) is 5.75 Å². The van der Waals surface area contributed by atoms with Crippen molar-refractivity contribution in [1.82, 2.24) is 4.98 Å². The molecule has 3 rings (SSSR count). The second-order valence-corrected chi connectivity index (χ2v) is 4.99. The minimum absolute atomic E-state index is 0.0428. The van der Waals surface area contributed by atoms with E-state index in [1.807, 2.05) is 0 Å². The molecular weight excluding hydrogens is 313 g/mol. The molecule has 0 saturated carbocycles. The van der Waals surface area contributed by atoms with Gasteiger partial charge in [-0.15, -0.1) is 0 Å². The molecule has 0 aliphatic carbocycles. The largest absolute Gasteiger partial charge is 0.489 e. The number of hydrogen-bond donors (Lipinski definition) is 1. The van der Waals surface area contributed by atoms with Crippen LogP contribution in [-0.2, 0) is 0 Å². The first kappa shape index (κ1) is 15.7. The number of ether oxygens (including phenoxy) is 1. The third-order valence-corrected chi connectivity index (χ3v) is 3.46. The lowest BCUT2D eigenvalue weighted by molar-refractivity contribution is -0.383. The van der Waals surface area contributed by atoms with Crippen molar-refractivity contribution < 1.29 is 14.1 Å². The van der Waals surface area contributed by atoms with Crippen LogP contribution < -0.4 is 10.1 Å². The van der Waals surface area contributed by atoms with Crippen LogP contribution in [0.2, 0.25) is 0 Å². The molecule has 0 saturated heterocycles. The number of nitrogens with one attached hydrogen (secondary N) is 1. The Morgan fingerprint density at radius 3 is 2.79 bits per heavy atom. The average Bonchev–Trinajstić information content (AvgIpc) is 2.59. The van der Waals surface area contributed by atoms with Gasteiger partial charge in [0, 0.05) is 29.9 Å². The number of aromatic nitrogens is 1. The minimum atomic E-state index is -0.458. The molecule has 6 nitrogen and oxygen atoms in total. The van der Waals surface area contributed by atoms with Gasteiger partial charge in [-0.25, -0.2) is 9.37 Å². The Balaban J connectivity index is 1.71. The van der Waals surface area contributed by atoms with Gasteiger partial charge >= 0.3 is 0 Å². The van der Waals surface area contributed by atoms with E-state index in [0.29, 0.717) is 23.1 Å². The van der Waals surface area contributed by atoms with Crippen molar-refractivity contribution in [3.63, 3.8) is 0 Å². The van der Waals surface area contributed by atoms with E-state index in [1.165, 1.54) is 18.3 Å². The van der Waals surface area contributed by atoms with Crippen LogP contribution >= 0.6 is 0 Å². The van der Waals surface area contributed by atoms with Crippen LogP contribution in [0.1, 0.15) is 0 Å². The number of nitro benzene ring substituents is 1. The normalized spacial score (nSPS) is 10.5. The number of halogens is 1. The standard InChI is InChI=1S/C17H14FN3O3/c18-13-5-1-2-6-16(13)24-11-10-19-14-7-8-15(21(22)23)17-12(14)4-3-9-20-17/h1-9,19H,10-11H2. The summed E-state index contributed by atoms with van der Waals surface area (Å²) >= 11 is 0. The van der Waals surface area contributed by atoms with Crippen LogP contribution in [0, 0.1) is 15.9 Å². The number of anilines is 1. The number of pyridine rings is 1. The highest BCUT2D eigenvalue weighted by Crippen LogP contribution is 2.29. The summed E-state index contributed by atoms with van der Waals surface area (Å²) in [6, 6.07) is 12.7. The van der Waals surface area contributed by atoms with Crippen LogP contribution in [-0.4, -0.2) is 23.1 Å². The molecule has 3 aromatic rings. The maximum absolute atomic E-state index is 13.5. The van der Waals surface area contributed by atoms with Crippen LogP contribution in [0.15, 0.2) is 54.7 Å². The minimum Gasteiger partial charge on any atom is -0.489 e. The Morgan fingerprint density at radius 2 is 2.00 bits per heavy atom. The molecule has 0 amide bonds. The van der Waals surface area contributed by atoms with Gasteiger partial charge in [0.2, 0.25) is 0 Å². The fourth-order valence-corrected chi connectivity index (χ4v) is 2.37. The maximum Gasteiger partial charge on any atom is 0.295 e. The molecule has 0 unspecified atom stereocenters. The van der Waals surface area contributed by atoms with Gasteiger partial charge in [0.25, 0.3) is 5.69 Å². The Labute approximate surface area is 137 Å². The van der Waals surface area contributed by atoms with E-state index in [0.717, 1.165) is 0 Å². The smallest absolute Gasteiger partial charge is 0.295 e. The molecule has 0 aliphatic heterocycles. The van der Waals surface area contributed by atoms with Crippen LogP contribution in [0.3, 0.4) is 0 Å². The molecule has 0 atom stereocenters. The molecule has 24 heavy (non-hydrogen) atoms. The number of nitrogens with zero attached hydrogens (tertiary/aromatic N) is 2. The topological polar surface area (TPSA) is 77.3 Å². The Hall–Kier alpha value is -3.22. The SMILES string of the molecule is O=[N+]([O-])c1ccc(NCCOc2ccccc2F)c2cccnc12. The molecule has 1 aromatic heterocycles. The Kier molecular flexibility index (Phi) is 4.51. The van der Waals surface area contributed by atoms with Crippen molar-refractivity contribution in [3.8, 4) is 5.75 Å². The number of fused-ring (bicyclic) bond motifs is 1. The first-order valence-electron chi connectivity index (χ1n) is 7.30. The molecule has 7 heteroatoms. The highest BCUT2D eigenvalue weighted by atomic mass is 19.1. The summed E-state index contributed by atoms with van der Waals surface area (Å²) in [6.45, 7) is 0.663. The van der Waals surface area contributed by atoms with Gasteiger partial charge in [0.1, 0.15) is 12.1 Å². The third-order valence-electron chi connectivity index (χ3n) is 3.46. The zero-order valence-corrected chi connectivity index (χ0v) is 12.6. The molecule has 1 N–H and O–H groups in total. The Bertz CT molecular complexity index is 886. The number of hydrogen-bond acceptors (Lipinski definition) is 5. The Morgan fingerprint density at radius 1 is 1.17 bits per heavy atom. The lowest BCUT2D eigenvalue weighted by atomic mass is 10.1. The summed E-state index contributed by atoms with van der Waals surface area (Å²) in [5.74, 6) is -0.225. The number of non-ortho nitro benzene ring substituents is 1. The molecule has 0 aliphatic rings. The monoisotopic (exact) mass is 327 g/mol. The summed E-state index contributed by atoms with van der Waals surface area (Å²) in [6.07, 6.45) is 1.51. The van der Waals surface area contributed by atoms with E-state index in [9.17, 15) is 14.5 Å². The van der Waals surface area contributed by atoms with Crippen molar-refractivity contribution in [2.24, 2.45) is 0 Å². The molecule has 122 valence electrons. The van der Waals surface area contributed by atoms with Gasteiger partial charge in [-0.1, -0.05) is 12.1 Å². The van der Waals surface area contributed by atoms with Gasteiger partial charge in [0.05, 0.1) is 4.92 Å². The van der Waals surface area contributed by atoms with Crippen molar-refractivity contribution in [2.75, 3.05) is 18.5 Å². The first-order chi connectivity index (χ1) is 11.7.